The Balaban J connectivity index is 2.14. The van der Waals surface area contributed by atoms with Gasteiger partial charge in [-0.25, -0.2) is 4.39 Å². The number of hydrogen-bond donors (Lipinski definition) is 2. The van der Waals surface area contributed by atoms with E-state index in [4.69, 9.17) is 0 Å². The highest BCUT2D eigenvalue weighted by Gasteiger charge is 2.30. The van der Waals surface area contributed by atoms with Crippen LogP contribution in [-0.4, -0.2) is 23.5 Å². The molecular formula is C8H12FNO. The van der Waals surface area contributed by atoms with Gasteiger partial charge < -0.3 is 5.11 Å². The summed E-state index contributed by atoms with van der Waals surface area (Å²) in [6, 6.07) is 0.247. The summed E-state index contributed by atoms with van der Waals surface area (Å²) in [5.41, 5.74) is 1.05. The first-order valence-electron chi connectivity index (χ1n) is 4.04. The van der Waals surface area contributed by atoms with E-state index in [0.717, 1.165) is 12.0 Å². The maximum absolute atomic E-state index is 12.8. The van der Waals surface area contributed by atoms with E-state index < -0.39 is 12.4 Å². The maximum atomic E-state index is 12.8. The van der Waals surface area contributed by atoms with Crippen molar-refractivity contribution in [2.24, 2.45) is 0 Å². The fourth-order valence-corrected chi connectivity index (χ4v) is 1.86. The highest BCUT2D eigenvalue weighted by molar-refractivity contribution is 5.21. The van der Waals surface area contributed by atoms with E-state index in [0.29, 0.717) is 12.8 Å². The quantitative estimate of drug-likeness (QED) is 0.508. The summed E-state index contributed by atoms with van der Waals surface area (Å²) in [6.07, 6.45) is 2.44. The molecule has 2 nitrogen and oxygen atoms in total. The third-order valence-corrected chi connectivity index (χ3v) is 2.40. The minimum absolute atomic E-state index is 0.247. The molecule has 1 aliphatic carbocycles. The summed E-state index contributed by atoms with van der Waals surface area (Å²) in [4.78, 5) is 0. The average Bonchev–Trinajstić information content (AvgIpc) is 2.27. The van der Waals surface area contributed by atoms with Crippen molar-refractivity contribution < 1.29 is 9.50 Å². The van der Waals surface area contributed by atoms with Gasteiger partial charge in [-0.2, -0.15) is 0 Å². The van der Waals surface area contributed by atoms with Gasteiger partial charge in [0.2, 0.25) is 0 Å². The highest BCUT2D eigenvalue weighted by atomic mass is 19.1. The zero-order valence-electron chi connectivity index (χ0n) is 6.26. The molecule has 3 heteroatoms. The summed E-state index contributed by atoms with van der Waals surface area (Å²) in [6.45, 7) is 0. The average molecular weight is 157 g/mol. The van der Waals surface area contributed by atoms with E-state index in [1.807, 2.05) is 0 Å². The third-order valence-electron chi connectivity index (χ3n) is 2.40. The molecule has 1 aliphatic heterocycles. The lowest BCUT2D eigenvalue weighted by Gasteiger charge is -2.18. The van der Waals surface area contributed by atoms with Crippen molar-refractivity contribution >= 4 is 0 Å². The molecule has 11 heavy (non-hydrogen) atoms. The van der Waals surface area contributed by atoms with Gasteiger partial charge >= 0.3 is 0 Å². The van der Waals surface area contributed by atoms with Gasteiger partial charge in [-0.15, -0.1) is 0 Å². The Hall–Kier alpha value is -0.410. The smallest absolute Gasteiger partial charge is 0.119 e. The molecule has 3 unspecified atom stereocenters. The first-order valence-corrected chi connectivity index (χ1v) is 4.04. The number of nitrogens with one attached hydrogen (secondary N) is 1. The van der Waals surface area contributed by atoms with Crippen LogP contribution in [0.15, 0.2) is 11.6 Å². The standard InChI is InChI=1S/C8H12FNO/c9-6-1-2-7-5(3-6)4-8(11)10-7/h3,6-8,10-11H,1-2,4H2. The largest absolute Gasteiger partial charge is 0.378 e. The van der Waals surface area contributed by atoms with Crippen molar-refractivity contribution in [2.75, 3.05) is 0 Å². The van der Waals surface area contributed by atoms with E-state index in [1.165, 1.54) is 0 Å². The van der Waals surface area contributed by atoms with Crippen molar-refractivity contribution in [3.8, 4) is 0 Å². The van der Waals surface area contributed by atoms with E-state index in [2.05, 4.69) is 5.32 Å². The monoisotopic (exact) mass is 157 g/mol. The SMILES string of the molecule is OC1CC2=CC(F)CCC2N1. The predicted molar refractivity (Wildman–Crippen MR) is 39.8 cm³/mol. The lowest BCUT2D eigenvalue weighted by atomic mass is 9.94. The second-order valence-corrected chi connectivity index (χ2v) is 3.27. The summed E-state index contributed by atoms with van der Waals surface area (Å²) >= 11 is 0. The fourth-order valence-electron chi connectivity index (χ4n) is 1.86. The van der Waals surface area contributed by atoms with Gasteiger partial charge in [-0.05, 0) is 18.9 Å². The van der Waals surface area contributed by atoms with Gasteiger partial charge in [0.15, 0.2) is 0 Å². The number of aliphatic hydroxyl groups is 1. The Morgan fingerprint density at radius 3 is 3.18 bits per heavy atom. The zero-order valence-corrected chi connectivity index (χ0v) is 6.26. The summed E-state index contributed by atoms with van der Waals surface area (Å²) < 4.78 is 12.8. The molecule has 0 aromatic rings. The van der Waals surface area contributed by atoms with Crippen LogP contribution in [0.3, 0.4) is 0 Å². The summed E-state index contributed by atoms with van der Waals surface area (Å²) in [5, 5.41) is 12.2. The molecule has 0 saturated carbocycles. The zero-order chi connectivity index (χ0) is 7.84. The second-order valence-electron chi connectivity index (χ2n) is 3.27. The van der Waals surface area contributed by atoms with Crippen molar-refractivity contribution in [3.05, 3.63) is 11.6 Å². The van der Waals surface area contributed by atoms with Crippen molar-refractivity contribution in [1.82, 2.24) is 5.32 Å². The van der Waals surface area contributed by atoms with Crippen LogP contribution in [0.5, 0.6) is 0 Å². The van der Waals surface area contributed by atoms with Crippen LogP contribution in [0, 0.1) is 0 Å². The minimum Gasteiger partial charge on any atom is -0.378 e. The Labute approximate surface area is 65.1 Å². The molecule has 62 valence electrons. The summed E-state index contributed by atoms with van der Waals surface area (Å²) in [5.74, 6) is 0. The van der Waals surface area contributed by atoms with Crippen LogP contribution in [0.4, 0.5) is 4.39 Å². The van der Waals surface area contributed by atoms with Crippen LogP contribution in [0.2, 0.25) is 0 Å². The number of allylic oxidation sites excluding steroid dienone is 1. The maximum Gasteiger partial charge on any atom is 0.119 e. The van der Waals surface area contributed by atoms with Crippen LogP contribution in [0.1, 0.15) is 19.3 Å². The van der Waals surface area contributed by atoms with Crippen LogP contribution in [0.25, 0.3) is 0 Å². The first kappa shape index (κ1) is 7.25. The molecule has 0 aromatic carbocycles. The van der Waals surface area contributed by atoms with E-state index in [-0.39, 0.29) is 6.04 Å². The molecule has 2 aliphatic rings. The van der Waals surface area contributed by atoms with Gasteiger partial charge in [-0.3, -0.25) is 5.32 Å². The Morgan fingerprint density at radius 2 is 2.36 bits per heavy atom. The van der Waals surface area contributed by atoms with Gasteiger partial charge in [-0.1, -0.05) is 5.57 Å². The molecule has 0 radical (unpaired) electrons. The molecule has 1 fully saturated rings. The van der Waals surface area contributed by atoms with Crippen molar-refractivity contribution in [1.29, 1.82) is 0 Å². The molecule has 3 atom stereocenters. The highest BCUT2D eigenvalue weighted by Crippen LogP contribution is 2.28. The molecule has 0 amide bonds. The molecule has 2 N–H and O–H groups in total. The Bertz CT molecular complexity index is 193. The molecule has 1 heterocycles. The van der Waals surface area contributed by atoms with Crippen molar-refractivity contribution in [3.63, 3.8) is 0 Å². The van der Waals surface area contributed by atoms with E-state index in [9.17, 15) is 9.50 Å². The lowest BCUT2D eigenvalue weighted by Crippen LogP contribution is -2.31. The Morgan fingerprint density at radius 1 is 1.55 bits per heavy atom. The molecule has 2 rings (SSSR count). The van der Waals surface area contributed by atoms with Crippen LogP contribution < -0.4 is 5.32 Å². The van der Waals surface area contributed by atoms with E-state index >= 15 is 0 Å². The van der Waals surface area contributed by atoms with Gasteiger partial charge in [0.25, 0.3) is 0 Å². The molecular weight excluding hydrogens is 145 g/mol. The van der Waals surface area contributed by atoms with E-state index in [1.54, 1.807) is 6.08 Å². The molecule has 0 spiro atoms. The number of aliphatic hydroxyl groups excluding tert-OH is 1. The number of hydrogen-bond acceptors (Lipinski definition) is 2. The minimum atomic E-state index is -0.784. The van der Waals surface area contributed by atoms with Gasteiger partial charge in [0, 0.05) is 12.5 Å². The number of halogens is 1. The predicted octanol–water partition coefficient (Wildman–Crippen LogP) is 0.725. The normalized spacial score (nSPS) is 43.5. The topological polar surface area (TPSA) is 32.3 Å². The molecule has 1 saturated heterocycles. The number of fused-ring (bicyclic) bond motifs is 1. The third kappa shape index (κ3) is 1.30. The number of rotatable bonds is 0. The second kappa shape index (κ2) is 2.57. The van der Waals surface area contributed by atoms with Crippen LogP contribution in [-0.2, 0) is 0 Å². The number of alkyl halides is 1. The lowest BCUT2D eigenvalue weighted by molar-refractivity contribution is 0.154. The van der Waals surface area contributed by atoms with Crippen LogP contribution >= 0.6 is 0 Å². The first-order chi connectivity index (χ1) is 5.25. The summed E-state index contributed by atoms with van der Waals surface area (Å²) in [7, 11) is 0. The molecule has 0 aromatic heterocycles. The van der Waals surface area contributed by atoms with Gasteiger partial charge in [0.05, 0.1) is 0 Å². The Kier molecular flexibility index (Phi) is 1.69. The fraction of sp³-hybridized carbons (Fsp3) is 0.750. The molecule has 0 bridgehead atoms. The van der Waals surface area contributed by atoms with Crippen molar-refractivity contribution in [2.45, 2.75) is 37.7 Å². The van der Waals surface area contributed by atoms with Gasteiger partial charge in [0.1, 0.15) is 12.4 Å².